The van der Waals surface area contributed by atoms with Gasteiger partial charge in [0.1, 0.15) is 5.75 Å². The molecule has 1 aromatic heterocycles. The minimum Gasteiger partial charge on any atom is -0.424 e. The first kappa shape index (κ1) is 20.9. The number of hydrogen-bond donors (Lipinski definition) is 2. The number of hydrogen-bond acceptors (Lipinski definition) is 5. The summed E-state index contributed by atoms with van der Waals surface area (Å²) in [5, 5.41) is 4.87. The third kappa shape index (κ3) is 5.60. The Balaban J connectivity index is 1.73. The Morgan fingerprint density at radius 2 is 1.50 bits per heavy atom. The van der Waals surface area contributed by atoms with Gasteiger partial charge in [-0.1, -0.05) is 30.3 Å². The predicted molar refractivity (Wildman–Crippen MR) is 104 cm³/mol. The van der Waals surface area contributed by atoms with Crippen molar-refractivity contribution in [2.24, 2.45) is 0 Å². The van der Waals surface area contributed by atoms with Crippen molar-refractivity contribution in [2.75, 3.05) is 10.6 Å². The Kier molecular flexibility index (Phi) is 6.05. The van der Waals surface area contributed by atoms with Crippen LogP contribution in [0, 0.1) is 13.8 Å². The van der Waals surface area contributed by atoms with E-state index in [9.17, 15) is 18.0 Å². The maximum atomic E-state index is 12.5. The molecule has 3 aromatic rings. The Morgan fingerprint density at radius 1 is 0.900 bits per heavy atom. The van der Waals surface area contributed by atoms with E-state index < -0.39 is 18.1 Å². The maximum Gasteiger partial charge on any atom is 0.573 e. The van der Waals surface area contributed by atoms with Crippen LogP contribution in [0.3, 0.4) is 0 Å². The minimum atomic E-state index is -4.89. The van der Waals surface area contributed by atoms with E-state index >= 15 is 0 Å². The molecule has 0 fully saturated rings. The molecule has 3 rings (SSSR count). The molecule has 0 atom stereocenters. The van der Waals surface area contributed by atoms with Gasteiger partial charge >= 0.3 is 18.4 Å². The van der Waals surface area contributed by atoms with Crippen LogP contribution in [0.15, 0.2) is 54.6 Å². The lowest BCUT2D eigenvalue weighted by molar-refractivity contribution is -0.274. The number of amides is 2. The van der Waals surface area contributed by atoms with Crippen molar-refractivity contribution in [1.29, 1.82) is 0 Å². The van der Waals surface area contributed by atoms with Gasteiger partial charge in [0.05, 0.1) is 22.8 Å². The zero-order valence-electron chi connectivity index (χ0n) is 15.9. The Hall–Kier alpha value is -3.82. The van der Waals surface area contributed by atoms with Crippen molar-refractivity contribution in [3.05, 3.63) is 66.0 Å². The van der Waals surface area contributed by atoms with Crippen molar-refractivity contribution in [2.45, 2.75) is 20.2 Å². The summed E-state index contributed by atoms with van der Waals surface area (Å²) < 4.78 is 47.1. The molecule has 0 aliphatic rings. The van der Waals surface area contributed by atoms with Crippen LogP contribution < -0.4 is 20.1 Å². The fourth-order valence-corrected chi connectivity index (χ4v) is 2.56. The summed E-state index contributed by atoms with van der Waals surface area (Å²) in [5.41, 5.74) is 1.00. The average Bonchev–Trinajstić information content (AvgIpc) is 2.66. The normalized spacial score (nSPS) is 11.0. The Morgan fingerprint density at radius 3 is 2.13 bits per heavy atom. The highest BCUT2D eigenvalue weighted by Crippen LogP contribution is 2.30. The predicted octanol–water partition coefficient (Wildman–Crippen LogP) is 5.43. The summed E-state index contributed by atoms with van der Waals surface area (Å²) in [7, 11) is 0. The molecule has 0 aliphatic carbocycles. The zero-order valence-corrected chi connectivity index (χ0v) is 15.9. The van der Waals surface area contributed by atoms with E-state index in [0.717, 1.165) is 6.07 Å². The first-order valence-electron chi connectivity index (χ1n) is 8.72. The quantitative estimate of drug-likeness (QED) is 0.577. The zero-order chi connectivity index (χ0) is 21.7. The van der Waals surface area contributed by atoms with Gasteiger partial charge in [-0.2, -0.15) is 9.97 Å². The van der Waals surface area contributed by atoms with Crippen LogP contribution in [0.4, 0.5) is 29.3 Å². The topological polar surface area (TPSA) is 85.4 Å². The standard InChI is InChI=1S/C20H17F3N4O3/c1-12-17(13(2)25-19(24-12)29-14-8-4-3-5-9-14)27-18(28)26-15-10-6-7-11-16(15)30-20(21,22)23/h3-11H,1-2H3,(H2,26,27,28). The number of aromatic nitrogens is 2. The van der Waals surface area contributed by atoms with Gasteiger partial charge in [0.15, 0.2) is 5.75 Å². The summed E-state index contributed by atoms with van der Waals surface area (Å²) in [6.45, 7) is 3.28. The van der Waals surface area contributed by atoms with Crippen molar-refractivity contribution in [3.63, 3.8) is 0 Å². The number of ether oxygens (including phenoxy) is 2. The van der Waals surface area contributed by atoms with E-state index in [-0.39, 0.29) is 11.7 Å². The molecule has 0 bridgehead atoms. The van der Waals surface area contributed by atoms with Gasteiger partial charge in [-0.05, 0) is 38.1 Å². The number of benzene rings is 2. The monoisotopic (exact) mass is 418 g/mol. The highest BCUT2D eigenvalue weighted by molar-refractivity contribution is 6.01. The first-order chi connectivity index (χ1) is 14.2. The second-order valence-electron chi connectivity index (χ2n) is 6.09. The second kappa shape index (κ2) is 8.68. The molecular weight excluding hydrogens is 401 g/mol. The lowest BCUT2D eigenvalue weighted by Crippen LogP contribution is -2.23. The molecule has 0 unspecified atom stereocenters. The molecule has 0 spiro atoms. The van der Waals surface area contributed by atoms with Gasteiger partial charge in [-0.15, -0.1) is 13.2 Å². The Labute approximate surface area is 169 Å². The molecule has 0 saturated carbocycles. The summed E-state index contributed by atoms with van der Waals surface area (Å²) in [6, 6.07) is 13.5. The van der Waals surface area contributed by atoms with Gasteiger partial charge in [-0.25, -0.2) is 4.79 Å². The van der Waals surface area contributed by atoms with Crippen LogP contribution in [-0.4, -0.2) is 22.4 Å². The SMILES string of the molecule is Cc1nc(Oc2ccccc2)nc(C)c1NC(=O)Nc1ccccc1OC(F)(F)F. The minimum absolute atomic E-state index is 0.103. The van der Waals surface area contributed by atoms with Crippen LogP contribution in [-0.2, 0) is 0 Å². The van der Waals surface area contributed by atoms with Crippen LogP contribution >= 0.6 is 0 Å². The molecule has 30 heavy (non-hydrogen) atoms. The molecule has 0 aliphatic heterocycles. The van der Waals surface area contributed by atoms with E-state index in [1.165, 1.54) is 18.2 Å². The molecule has 0 radical (unpaired) electrons. The van der Waals surface area contributed by atoms with Gasteiger partial charge in [0.25, 0.3) is 0 Å². The number of aryl methyl sites for hydroxylation is 2. The molecule has 7 nitrogen and oxygen atoms in total. The average molecular weight is 418 g/mol. The molecule has 10 heteroatoms. The number of anilines is 2. The van der Waals surface area contributed by atoms with E-state index in [1.54, 1.807) is 38.1 Å². The molecule has 2 aromatic carbocycles. The second-order valence-corrected chi connectivity index (χ2v) is 6.09. The number of halogens is 3. The number of nitrogens with one attached hydrogen (secondary N) is 2. The van der Waals surface area contributed by atoms with Crippen LogP contribution in [0.1, 0.15) is 11.4 Å². The smallest absolute Gasteiger partial charge is 0.424 e. The molecule has 2 amide bonds. The fourth-order valence-electron chi connectivity index (χ4n) is 2.56. The van der Waals surface area contributed by atoms with Crippen molar-refractivity contribution in [1.82, 2.24) is 9.97 Å². The fraction of sp³-hybridized carbons (Fsp3) is 0.150. The van der Waals surface area contributed by atoms with Crippen molar-refractivity contribution >= 4 is 17.4 Å². The van der Waals surface area contributed by atoms with E-state index in [1.807, 2.05) is 6.07 Å². The van der Waals surface area contributed by atoms with Crippen molar-refractivity contribution in [3.8, 4) is 17.5 Å². The van der Waals surface area contributed by atoms with Gasteiger partial charge in [-0.3, -0.25) is 0 Å². The highest BCUT2D eigenvalue weighted by Gasteiger charge is 2.32. The van der Waals surface area contributed by atoms with E-state index in [4.69, 9.17) is 4.74 Å². The summed E-state index contributed by atoms with van der Waals surface area (Å²) in [4.78, 5) is 20.7. The first-order valence-corrected chi connectivity index (χ1v) is 8.72. The third-order valence-corrected chi connectivity index (χ3v) is 3.80. The molecule has 2 N–H and O–H groups in total. The number of para-hydroxylation sites is 3. The maximum absolute atomic E-state index is 12.5. The van der Waals surface area contributed by atoms with Gasteiger partial charge < -0.3 is 20.1 Å². The molecule has 0 saturated heterocycles. The lowest BCUT2D eigenvalue weighted by Gasteiger charge is -2.15. The van der Waals surface area contributed by atoms with Crippen LogP contribution in [0.5, 0.6) is 17.5 Å². The highest BCUT2D eigenvalue weighted by atomic mass is 19.4. The lowest BCUT2D eigenvalue weighted by atomic mass is 10.3. The van der Waals surface area contributed by atoms with E-state index in [2.05, 4.69) is 25.3 Å². The number of carbonyl (C=O) groups is 1. The number of alkyl halides is 3. The van der Waals surface area contributed by atoms with Crippen LogP contribution in [0.2, 0.25) is 0 Å². The number of urea groups is 1. The van der Waals surface area contributed by atoms with Crippen LogP contribution in [0.25, 0.3) is 0 Å². The van der Waals surface area contributed by atoms with Crippen molar-refractivity contribution < 1.29 is 27.4 Å². The Bertz CT molecular complexity index is 1020. The summed E-state index contributed by atoms with van der Waals surface area (Å²) in [5.74, 6) is 0.0208. The van der Waals surface area contributed by atoms with Gasteiger partial charge in [0.2, 0.25) is 0 Å². The molecule has 1 heterocycles. The number of nitrogens with zero attached hydrogens (tertiary/aromatic N) is 2. The van der Waals surface area contributed by atoms with E-state index in [0.29, 0.717) is 22.8 Å². The molecular formula is C20H17F3N4O3. The van der Waals surface area contributed by atoms with Gasteiger partial charge in [0, 0.05) is 0 Å². The number of carbonyl (C=O) groups excluding carboxylic acids is 1. The third-order valence-electron chi connectivity index (χ3n) is 3.80. The summed E-state index contributed by atoms with van der Waals surface area (Å²) >= 11 is 0. The summed E-state index contributed by atoms with van der Waals surface area (Å²) in [6.07, 6.45) is -4.89. The number of rotatable bonds is 5. The largest absolute Gasteiger partial charge is 0.573 e. The molecule has 156 valence electrons.